The van der Waals surface area contributed by atoms with Gasteiger partial charge in [-0.05, 0) is 58.0 Å². The molecule has 0 radical (unpaired) electrons. The fraction of sp³-hybridized carbons (Fsp3) is 0.812. The lowest BCUT2D eigenvalue weighted by atomic mass is 9.75. The molecule has 0 saturated carbocycles. The highest BCUT2D eigenvalue weighted by molar-refractivity contribution is 7.11. The third-order valence-corrected chi connectivity index (χ3v) is 5.85. The molecule has 3 nitrogen and oxygen atoms in total. The van der Waals surface area contributed by atoms with Gasteiger partial charge in [-0.25, -0.2) is 4.98 Å². The third kappa shape index (κ3) is 3.80. The van der Waals surface area contributed by atoms with E-state index >= 15 is 0 Å². The van der Waals surface area contributed by atoms with Crippen LogP contribution in [0.3, 0.4) is 0 Å². The summed E-state index contributed by atoms with van der Waals surface area (Å²) < 4.78 is 0. The Hall–Kier alpha value is -0.450. The van der Waals surface area contributed by atoms with E-state index < -0.39 is 0 Å². The number of aryl methyl sites for hydroxylation is 2. The molecule has 2 atom stereocenters. The summed E-state index contributed by atoms with van der Waals surface area (Å²) in [6, 6.07) is 0.400. The van der Waals surface area contributed by atoms with Gasteiger partial charge in [-0.1, -0.05) is 13.8 Å². The van der Waals surface area contributed by atoms with E-state index in [0.29, 0.717) is 11.5 Å². The molecule has 2 rings (SSSR count). The number of aromatic nitrogens is 1. The van der Waals surface area contributed by atoms with E-state index in [1.54, 1.807) is 0 Å². The molecular formula is C16H29N3S. The van der Waals surface area contributed by atoms with Crippen molar-refractivity contribution < 1.29 is 0 Å². The number of thiazole rings is 1. The van der Waals surface area contributed by atoms with Gasteiger partial charge in [-0.2, -0.15) is 0 Å². The number of piperidine rings is 1. The predicted molar refractivity (Wildman–Crippen MR) is 87.4 cm³/mol. The van der Waals surface area contributed by atoms with Gasteiger partial charge in [-0.3, -0.25) is 0 Å². The van der Waals surface area contributed by atoms with Gasteiger partial charge in [0.25, 0.3) is 0 Å². The summed E-state index contributed by atoms with van der Waals surface area (Å²) in [7, 11) is 0. The van der Waals surface area contributed by atoms with E-state index in [1.165, 1.54) is 41.5 Å². The van der Waals surface area contributed by atoms with Crippen LogP contribution in [0.15, 0.2) is 0 Å². The number of nitrogens with zero attached hydrogens (tertiary/aromatic N) is 1. The van der Waals surface area contributed by atoms with Crippen LogP contribution in [0.2, 0.25) is 0 Å². The van der Waals surface area contributed by atoms with E-state index in [4.69, 9.17) is 0 Å². The Morgan fingerprint density at radius 1 is 1.45 bits per heavy atom. The zero-order chi connectivity index (χ0) is 14.8. The van der Waals surface area contributed by atoms with Crippen LogP contribution in [0, 0.1) is 25.2 Å². The molecule has 0 amide bonds. The third-order valence-electron chi connectivity index (χ3n) is 4.60. The van der Waals surface area contributed by atoms with Crippen molar-refractivity contribution in [2.24, 2.45) is 11.3 Å². The van der Waals surface area contributed by atoms with Crippen LogP contribution in [0.5, 0.6) is 0 Å². The molecule has 1 saturated heterocycles. The molecule has 0 aromatic carbocycles. The molecule has 1 aromatic rings. The van der Waals surface area contributed by atoms with Crippen LogP contribution < -0.4 is 10.6 Å². The minimum Gasteiger partial charge on any atom is -0.316 e. The van der Waals surface area contributed by atoms with E-state index in [9.17, 15) is 0 Å². The highest BCUT2D eigenvalue weighted by Crippen LogP contribution is 2.32. The second-order valence-corrected chi connectivity index (χ2v) is 8.05. The van der Waals surface area contributed by atoms with Crippen LogP contribution in [-0.4, -0.2) is 24.6 Å². The predicted octanol–water partition coefficient (Wildman–Crippen LogP) is 3.44. The molecular weight excluding hydrogens is 266 g/mol. The summed E-state index contributed by atoms with van der Waals surface area (Å²) in [5, 5.41) is 8.44. The monoisotopic (exact) mass is 295 g/mol. The van der Waals surface area contributed by atoms with Gasteiger partial charge in [0.15, 0.2) is 0 Å². The Morgan fingerprint density at radius 2 is 2.20 bits per heavy atom. The van der Waals surface area contributed by atoms with Crippen LogP contribution in [0.1, 0.15) is 55.2 Å². The number of hydrogen-bond donors (Lipinski definition) is 2. The van der Waals surface area contributed by atoms with E-state index in [1.807, 2.05) is 11.3 Å². The molecule has 0 aliphatic carbocycles. The SMILES string of the molecule is Cc1nc(C)c(C(C)NCC(C)(C)C2CCCNC2)s1. The lowest BCUT2D eigenvalue weighted by Gasteiger charge is -2.38. The van der Waals surface area contributed by atoms with Gasteiger partial charge in [0.2, 0.25) is 0 Å². The molecule has 2 unspecified atom stereocenters. The standard InChI is InChI=1S/C16H29N3S/c1-11(15-12(2)19-13(3)20-15)18-10-16(4,5)14-7-6-8-17-9-14/h11,14,17-18H,6-10H2,1-5H3. The van der Waals surface area contributed by atoms with Gasteiger partial charge < -0.3 is 10.6 Å². The van der Waals surface area contributed by atoms with Gasteiger partial charge in [0.1, 0.15) is 0 Å². The van der Waals surface area contributed by atoms with Crippen molar-refractivity contribution in [2.75, 3.05) is 19.6 Å². The normalized spacial score (nSPS) is 21.9. The Kier molecular flexibility index (Phi) is 5.21. The average Bonchev–Trinajstić information content (AvgIpc) is 2.76. The van der Waals surface area contributed by atoms with Gasteiger partial charge in [-0.15, -0.1) is 11.3 Å². The summed E-state index contributed by atoms with van der Waals surface area (Å²) in [5.74, 6) is 0.778. The first kappa shape index (κ1) is 15.9. The van der Waals surface area contributed by atoms with Crippen molar-refractivity contribution in [2.45, 2.75) is 53.5 Å². The van der Waals surface area contributed by atoms with Crippen LogP contribution >= 0.6 is 11.3 Å². The first-order valence-electron chi connectivity index (χ1n) is 7.78. The minimum atomic E-state index is 0.343. The lowest BCUT2D eigenvalue weighted by Crippen LogP contribution is -2.43. The van der Waals surface area contributed by atoms with Crippen molar-refractivity contribution in [3.63, 3.8) is 0 Å². The fourth-order valence-electron chi connectivity index (χ4n) is 3.12. The molecule has 20 heavy (non-hydrogen) atoms. The number of hydrogen-bond acceptors (Lipinski definition) is 4. The molecule has 4 heteroatoms. The molecule has 114 valence electrons. The Balaban J connectivity index is 1.91. The Morgan fingerprint density at radius 3 is 2.75 bits per heavy atom. The molecule has 1 aromatic heterocycles. The van der Waals surface area contributed by atoms with E-state index in [2.05, 4.69) is 50.2 Å². The molecule has 1 aliphatic rings. The molecule has 0 bridgehead atoms. The van der Waals surface area contributed by atoms with Crippen molar-refractivity contribution in [1.29, 1.82) is 0 Å². The highest BCUT2D eigenvalue weighted by Gasteiger charge is 2.31. The van der Waals surface area contributed by atoms with E-state index in [-0.39, 0.29) is 0 Å². The smallest absolute Gasteiger partial charge is 0.0900 e. The average molecular weight is 295 g/mol. The summed E-state index contributed by atoms with van der Waals surface area (Å²) >= 11 is 1.82. The van der Waals surface area contributed by atoms with Gasteiger partial charge >= 0.3 is 0 Å². The summed E-state index contributed by atoms with van der Waals surface area (Å²) in [5.41, 5.74) is 1.53. The molecule has 1 fully saturated rings. The summed E-state index contributed by atoms with van der Waals surface area (Å²) in [6.07, 6.45) is 2.67. The fourth-order valence-corrected chi connectivity index (χ4v) is 4.08. The second kappa shape index (κ2) is 6.54. The van der Waals surface area contributed by atoms with Crippen LogP contribution in [0.25, 0.3) is 0 Å². The van der Waals surface area contributed by atoms with Crippen LogP contribution in [-0.2, 0) is 0 Å². The van der Waals surface area contributed by atoms with Crippen molar-refractivity contribution in [3.05, 3.63) is 15.6 Å². The van der Waals surface area contributed by atoms with Crippen molar-refractivity contribution >= 4 is 11.3 Å². The highest BCUT2D eigenvalue weighted by atomic mass is 32.1. The zero-order valence-electron chi connectivity index (χ0n) is 13.5. The number of rotatable bonds is 5. The maximum atomic E-state index is 4.53. The molecule has 2 N–H and O–H groups in total. The zero-order valence-corrected chi connectivity index (χ0v) is 14.4. The number of nitrogens with one attached hydrogen (secondary N) is 2. The maximum absolute atomic E-state index is 4.53. The first-order valence-corrected chi connectivity index (χ1v) is 8.60. The van der Waals surface area contributed by atoms with Crippen LogP contribution in [0.4, 0.5) is 0 Å². The van der Waals surface area contributed by atoms with E-state index in [0.717, 1.165) is 12.5 Å². The van der Waals surface area contributed by atoms with Gasteiger partial charge in [0.05, 0.1) is 10.7 Å². The summed E-state index contributed by atoms with van der Waals surface area (Å²) in [4.78, 5) is 5.92. The lowest BCUT2D eigenvalue weighted by molar-refractivity contribution is 0.162. The molecule has 0 spiro atoms. The van der Waals surface area contributed by atoms with Crippen molar-refractivity contribution in [1.82, 2.24) is 15.6 Å². The van der Waals surface area contributed by atoms with Gasteiger partial charge in [0, 0.05) is 17.5 Å². The first-order chi connectivity index (χ1) is 9.40. The Labute approximate surface area is 127 Å². The quantitative estimate of drug-likeness (QED) is 0.874. The second-order valence-electron chi connectivity index (χ2n) is 6.82. The molecule has 1 aliphatic heterocycles. The molecule has 2 heterocycles. The largest absolute Gasteiger partial charge is 0.316 e. The summed E-state index contributed by atoms with van der Waals surface area (Å²) in [6.45, 7) is 14.7. The Bertz CT molecular complexity index is 433. The topological polar surface area (TPSA) is 37.0 Å². The minimum absolute atomic E-state index is 0.343. The van der Waals surface area contributed by atoms with Crippen molar-refractivity contribution in [3.8, 4) is 0 Å². The maximum Gasteiger partial charge on any atom is 0.0900 e.